The molecule has 0 spiro atoms. The molecular weight excluding hydrogens is 314 g/mol. The van der Waals surface area contributed by atoms with Gasteiger partial charge in [-0.15, -0.1) is 11.3 Å². The van der Waals surface area contributed by atoms with Gasteiger partial charge in [-0.25, -0.2) is 19.9 Å². The maximum atomic E-state index is 11.8. The standard InChI is InChI=1S/C14H15N7OS/c22-12(3-1-6-21-10-15-9-19-21)18-7-11-8-23-14(20-11)13-16-4-2-5-17-13/h2,4-5,8-10H,1,3,6-7H2,(H,18,22). The van der Waals surface area contributed by atoms with Crippen molar-refractivity contribution in [3.63, 3.8) is 0 Å². The van der Waals surface area contributed by atoms with Crippen molar-refractivity contribution in [2.75, 3.05) is 0 Å². The summed E-state index contributed by atoms with van der Waals surface area (Å²) in [4.78, 5) is 28.4. The molecule has 1 amide bonds. The zero-order valence-corrected chi connectivity index (χ0v) is 13.1. The van der Waals surface area contributed by atoms with Crippen LogP contribution in [0.3, 0.4) is 0 Å². The fourth-order valence-corrected chi connectivity index (χ4v) is 2.69. The van der Waals surface area contributed by atoms with E-state index in [2.05, 4.69) is 30.4 Å². The zero-order valence-electron chi connectivity index (χ0n) is 12.3. The fraction of sp³-hybridized carbons (Fsp3) is 0.286. The van der Waals surface area contributed by atoms with Crippen LogP contribution < -0.4 is 5.32 Å². The molecular formula is C14H15N7OS. The Hall–Kier alpha value is -2.68. The van der Waals surface area contributed by atoms with E-state index >= 15 is 0 Å². The number of hydrogen-bond donors (Lipinski definition) is 1. The van der Waals surface area contributed by atoms with E-state index in [1.54, 1.807) is 29.5 Å². The Balaban J connectivity index is 1.43. The van der Waals surface area contributed by atoms with Crippen LogP contribution in [0.25, 0.3) is 10.8 Å². The maximum absolute atomic E-state index is 11.8. The maximum Gasteiger partial charge on any atom is 0.220 e. The summed E-state index contributed by atoms with van der Waals surface area (Å²) in [6, 6.07) is 1.76. The fourth-order valence-electron chi connectivity index (χ4n) is 1.93. The van der Waals surface area contributed by atoms with E-state index < -0.39 is 0 Å². The topological polar surface area (TPSA) is 98.5 Å². The number of aryl methyl sites for hydroxylation is 1. The Kier molecular flexibility index (Phi) is 4.99. The molecule has 0 saturated carbocycles. The third-order valence-corrected chi connectivity index (χ3v) is 3.92. The lowest BCUT2D eigenvalue weighted by Gasteiger charge is -2.03. The second-order valence-corrected chi connectivity index (χ2v) is 5.61. The number of carbonyl (C=O) groups excluding carboxylic acids is 1. The minimum absolute atomic E-state index is 0.00405. The molecule has 0 atom stereocenters. The molecule has 0 aromatic carbocycles. The minimum atomic E-state index is -0.00405. The van der Waals surface area contributed by atoms with Gasteiger partial charge < -0.3 is 5.32 Å². The summed E-state index contributed by atoms with van der Waals surface area (Å²) in [6.45, 7) is 1.09. The second kappa shape index (κ2) is 7.54. The van der Waals surface area contributed by atoms with Crippen molar-refractivity contribution >= 4 is 17.2 Å². The number of aromatic nitrogens is 6. The second-order valence-electron chi connectivity index (χ2n) is 4.76. The highest BCUT2D eigenvalue weighted by Crippen LogP contribution is 2.19. The van der Waals surface area contributed by atoms with Crippen molar-refractivity contribution in [2.45, 2.75) is 25.9 Å². The Labute approximate surface area is 136 Å². The molecule has 3 heterocycles. The van der Waals surface area contributed by atoms with Gasteiger partial charge in [-0.1, -0.05) is 0 Å². The van der Waals surface area contributed by atoms with Crippen LogP contribution in [0.5, 0.6) is 0 Å². The molecule has 23 heavy (non-hydrogen) atoms. The van der Waals surface area contributed by atoms with E-state index in [1.807, 2.05) is 5.38 Å². The molecule has 9 heteroatoms. The van der Waals surface area contributed by atoms with Crippen molar-refractivity contribution in [1.29, 1.82) is 0 Å². The van der Waals surface area contributed by atoms with Crippen LogP contribution in [-0.2, 0) is 17.9 Å². The summed E-state index contributed by atoms with van der Waals surface area (Å²) in [5.41, 5.74) is 0.807. The van der Waals surface area contributed by atoms with Gasteiger partial charge in [0.2, 0.25) is 5.91 Å². The molecule has 3 aromatic heterocycles. The van der Waals surface area contributed by atoms with E-state index in [0.717, 1.165) is 17.1 Å². The molecule has 118 valence electrons. The first-order valence-corrected chi connectivity index (χ1v) is 8.00. The predicted molar refractivity (Wildman–Crippen MR) is 84.2 cm³/mol. The first-order valence-electron chi connectivity index (χ1n) is 7.12. The number of carbonyl (C=O) groups is 1. The normalized spacial score (nSPS) is 10.6. The van der Waals surface area contributed by atoms with Gasteiger partial charge in [-0.3, -0.25) is 9.48 Å². The minimum Gasteiger partial charge on any atom is -0.350 e. The number of amides is 1. The highest BCUT2D eigenvalue weighted by Gasteiger charge is 2.08. The molecule has 0 aliphatic rings. The zero-order chi connectivity index (χ0) is 15.9. The van der Waals surface area contributed by atoms with Gasteiger partial charge >= 0.3 is 0 Å². The van der Waals surface area contributed by atoms with Gasteiger partial charge in [0.05, 0.1) is 12.2 Å². The Morgan fingerprint density at radius 2 is 2.17 bits per heavy atom. The number of rotatable bonds is 7. The highest BCUT2D eigenvalue weighted by molar-refractivity contribution is 7.13. The van der Waals surface area contributed by atoms with Gasteiger partial charge in [-0.2, -0.15) is 5.10 Å². The van der Waals surface area contributed by atoms with Crippen LogP contribution in [0.4, 0.5) is 0 Å². The molecule has 0 aliphatic heterocycles. The van der Waals surface area contributed by atoms with Crippen molar-refractivity contribution in [3.8, 4) is 10.8 Å². The average molecular weight is 329 g/mol. The third kappa shape index (κ3) is 4.39. The number of nitrogens with one attached hydrogen (secondary N) is 1. The highest BCUT2D eigenvalue weighted by atomic mass is 32.1. The lowest BCUT2D eigenvalue weighted by atomic mass is 10.3. The summed E-state index contributed by atoms with van der Waals surface area (Å²) in [6.07, 6.45) is 7.64. The van der Waals surface area contributed by atoms with Gasteiger partial charge in [0, 0.05) is 30.7 Å². The predicted octanol–water partition coefficient (Wildman–Crippen LogP) is 1.29. The Morgan fingerprint density at radius 1 is 1.30 bits per heavy atom. The molecule has 0 unspecified atom stereocenters. The summed E-state index contributed by atoms with van der Waals surface area (Å²) < 4.78 is 1.71. The molecule has 0 radical (unpaired) electrons. The number of hydrogen-bond acceptors (Lipinski definition) is 7. The molecule has 0 bridgehead atoms. The first kappa shape index (κ1) is 15.2. The van der Waals surface area contributed by atoms with Gasteiger partial charge in [-0.05, 0) is 12.5 Å². The van der Waals surface area contributed by atoms with Gasteiger partial charge in [0.1, 0.15) is 12.7 Å². The molecule has 0 aliphatic carbocycles. The van der Waals surface area contributed by atoms with E-state index in [-0.39, 0.29) is 5.91 Å². The van der Waals surface area contributed by atoms with E-state index in [1.165, 1.54) is 17.7 Å². The molecule has 1 N–H and O–H groups in total. The molecule has 0 fully saturated rings. The van der Waals surface area contributed by atoms with Crippen molar-refractivity contribution in [1.82, 2.24) is 35.0 Å². The van der Waals surface area contributed by atoms with E-state index in [4.69, 9.17) is 0 Å². The lowest BCUT2D eigenvalue weighted by molar-refractivity contribution is -0.121. The smallest absolute Gasteiger partial charge is 0.220 e. The van der Waals surface area contributed by atoms with Gasteiger partial charge in [0.15, 0.2) is 10.8 Å². The quantitative estimate of drug-likeness (QED) is 0.701. The molecule has 0 saturated heterocycles. The summed E-state index contributed by atoms with van der Waals surface area (Å²) >= 11 is 1.46. The van der Waals surface area contributed by atoms with Crippen molar-refractivity contribution in [3.05, 3.63) is 42.2 Å². The SMILES string of the molecule is O=C(CCCn1cncn1)NCc1csc(-c2ncccn2)n1. The average Bonchev–Trinajstić information content (AvgIpc) is 3.25. The summed E-state index contributed by atoms with van der Waals surface area (Å²) in [7, 11) is 0. The third-order valence-electron chi connectivity index (χ3n) is 3.03. The van der Waals surface area contributed by atoms with Crippen LogP contribution in [0.1, 0.15) is 18.5 Å². The molecule has 8 nitrogen and oxygen atoms in total. The van der Waals surface area contributed by atoms with Crippen molar-refractivity contribution < 1.29 is 4.79 Å². The summed E-state index contributed by atoms with van der Waals surface area (Å²) in [5.74, 6) is 0.596. The van der Waals surface area contributed by atoms with E-state index in [9.17, 15) is 4.79 Å². The Morgan fingerprint density at radius 3 is 2.96 bits per heavy atom. The van der Waals surface area contributed by atoms with Gasteiger partial charge in [0.25, 0.3) is 0 Å². The molecule has 3 aromatic rings. The van der Waals surface area contributed by atoms with Crippen LogP contribution in [0.2, 0.25) is 0 Å². The van der Waals surface area contributed by atoms with Crippen LogP contribution in [0, 0.1) is 0 Å². The summed E-state index contributed by atoms with van der Waals surface area (Å²) in [5, 5.41) is 9.51. The number of thiazole rings is 1. The monoisotopic (exact) mass is 329 g/mol. The Bertz CT molecular complexity index is 742. The van der Waals surface area contributed by atoms with Crippen LogP contribution >= 0.6 is 11.3 Å². The van der Waals surface area contributed by atoms with Crippen molar-refractivity contribution in [2.24, 2.45) is 0 Å². The molecule has 3 rings (SSSR count). The van der Waals surface area contributed by atoms with Crippen LogP contribution in [-0.4, -0.2) is 35.6 Å². The largest absolute Gasteiger partial charge is 0.350 e. The lowest BCUT2D eigenvalue weighted by Crippen LogP contribution is -2.23. The first-order chi connectivity index (χ1) is 11.3. The van der Waals surface area contributed by atoms with Crippen LogP contribution in [0.15, 0.2) is 36.5 Å². The van der Waals surface area contributed by atoms with E-state index in [0.29, 0.717) is 25.3 Å². The number of nitrogens with zero attached hydrogens (tertiary/aromatic N) is 6.